The minimum atomic E-state index is -3.94. The molecule has 24 heavy (non-hydrogen) atoms. The molecule has 1 saturated heterocycles. The monoisotopic (exact) mass is 373 g/mol. The molecule has 0 amide bonds. The van der Waals surface area contributed by atoms with E-state index in [2.05, 4.69) is 0 Å². The highest BCUT2D eigenvalue weighted by molar-refractivity contribution is 7.89. The number of allylic oxidation sites excluding steroid dienone is 4. The number of nitrogens with zero attached hydrogens (tertiary/aromatic N) is 1. The first-order valence-electron chi connectivity index (χ1n) is 7.87. The second-order valence-corrected chi connectivity index (χ2v) is 8.39. The number of hydrogen-bond acceptors (Lipinski definition) is 2. The lowest BCUT2D eigenvalue weighted by Crippen LogP contribution is -2.40. The Hall–Kier alpha value is -1.24. The fraction of sp³-hybridized carbons (Fsp3) is 0.412. The Balaban J connectivity index is 1.74. The highest BCUT2D eigenvalue weighted by Gasteiger charge is 2.35. The molecule has 2 aliphatic rings. The van der Waals surface area contributed by atoms with Crippen LogP contribution in [0.4, 0.5) is 8.78 Å². The topological polar surface area (TPSA) is 37.4 Å². The van der Waals surface area contributed by atoms with Crippen LogP contribution in [0.15, 0.2) is 47.1 Å². The van der Waals surface area contributed by atoms with E-state index in [1.165, 1.54) is 22.5 Å². The third-order valence-corrected chi connectivity index (χ3v) is 6.86. The van der Waals surface area contributed by atoms with Gasteiger partial charge >= 0.3 is 0 Å². The van der Waals surface area contributed by atoms with E-state index in [1.54, 1.807) is 6.08 Å². The molecule has 1 aliphatic carbocycles. The summed E-state index contributed by atoms with van der Waals surface area (Å²) < 4.78 is 54.5. The van der Waals surface area contributed by atoms with E-state index >= 15 is 0 Å². The zero-order valence-electron chi connectivity index (χ0n) is 13.0. The van der Waals surface area contributed by atoms with Crippen molar-refractivity contribution in [3.63, 3.8) is 0 Å². The molecule has 130 valence electrons. The number of piperidine rings is 1. The van der Waals surface area contributed by atoms with Gasteiger partial charge in [-0.1, -0.05) is 29.8 Å². The fourth-order valence-electron chi connectivity index (χ4n) is 3.31. The van der Waals surface area contributed by atoms with Crippen molar-refractivity contribution >= 4 is 21.6 Å². The molecule has 0 saturated carbocycles. The molecular weight excluding hydrogens is 356 g/mol. The van der Waals surface area contributed by atoms with Crippen molar-refractivity contribution < 1.29 is 17.2 Å². The Morgan fingerprint density at radius 3 is 2.54 bits per heavy atom. The first-order valence-corrected chi connectivity index (χ1v) is 9.69. The Morgan fingerprint density at radius 2 is 1.88 bits per heavy atom. The molecule has 1 atom stereocenters. The van der Waals surface area contributed by atoms with Crippen molar-refractivity contribution in [1.82, 2.24) is 4.31 Å². The van der Waals surface area contributed by atoms with Crippen LogP contribution in [0, 0.1) is 17.7 Å². The zero-order valence-corrected chi connectivity index (χ0v) is 14.5. The molecule has 3 nitrogen and oxygen atoms in total. The first kappa shape index (κ1) is 17.6. The summed E-state index contributed by atoms with van der Waals surface area (Å²) >= 11 is 5.69. The summed E-state index contributed by atoms with van der Waals surface area (Å²) in [5.74, 6) is -1.27. The maximum absolute atomic E-state index is 14.1. The van der Waals surface area contributed by atoms with Gasteiger partial charge in [0.1, 0.15) is 10.7 Å². The van der Waals surface area contributed by atoms with Gasteiger partial charge in [0, 0.05) is 19.0 Å². The van der Waals surface area contributed by atoms with Crippen LogP contribution in [0.25, 0.3) is 0 Å². The molecule has 0 spiro atoms. The minimum Gasteiger partial charge on any atom is -0.212 e. The molecule has 0 bridgehead atoms. The van der Waals surface area contributed by atoms with Crippen molar-refractivity contribution in [2.24, 2.45) is 11.8 Å². The Kier molecular flexibility index (Phi) is 5.08. The summed E-state index contributed by atoms with van der Waals surface area (Å²) in [6.07, 6.45) is 7.03. The van der Waals surface area contributed by atoms with E-state index in [1.807, 2.05) is 12.2 Å². The zero-order chi connectivity index (χ0) is 17.3. The molecule has 1 heterocycles. The standard InChI is InChI=1S/C17H18ClF2NO2S/c18-14-5-3-7-16(17(14)20)24(22,23)21-10-8-12(9-11-21)13-4-1-2-6-15(13)19/h1,3-7,12-13H,2,8-11H2. The van der Waals surface area contributed by atoms with Gasteiger partial charge in [-0.15, -0.1) is 0 Å². The van der Waals surface area contributed by atoms with E-state index in [-0.39, 0.29) is 35.8 Å². The molecule has 1 aromatic rings. The number of benzene rings is 1. The van der Waals surface area contributed by atoms with E-state index < -0.39 is 20.7 Å². The molecule has 0 aromatic heterocycles. The van der Waals surface area contributed by atoms with Crippen LogP contribution in [0.3, 0.4) is 0 Å². The van der Waals surface area contributed by atoms with Gasteiger partial charge in [-0.3, -0.25) is 0 Å². The van der Waals surface area contributed by atoms with Crippen LogP contribution in [0.2, 0.25) is 5.02 Å². The van der Waals surface area contributed by atoms with Gasteiger partial charge in [-0.25, -0.2) is 17.2 Å². The fourth-order valence-corrected chi connectivity index (χ4v) is 5.10. The number of sulfonamides is 1. The lowest BCUT2D eigenvalue weighted by Gasteiger charge is -2.34. The molecule has 1 fully saturated rings. The van der Waals surface area contributed by atoms with Crippen LogP contribution >= 0.6 is 11.6 Å². The second kappa shape index (κ2) is 6.94. The largest absolute Gasteiger partial charge is 0.246 e. The SMILES string of the molecule is O=S(=O)(c1cccc(Cl)c1F)N1CCC(C2C=CCC=C2F)CC1. The van der Waals surface area contributed by atoms with Gasteiger partial charge in [0.25, 0.3) is 0 Å². The third-order valence-electron chi connectivity index (χ3n) is 4.65. The van der Waals surface area contributed by atoms with Crippen LogP contribution in [-0.2, 0) is 10.0 Å². The maximum Gasteiger partial charge on any atom is 0.246 e. The Bertz CT molecular complexity index is 784. The number of hydrogen-bond donors (Lipinski definition) is 0. The molecule has 0 radical (unpaired) electrons. The van der Waals surface area contributed by atoms with Crippen LogP contribution in [0.1, 0.15) is 19.3 Å². The predicted molar refractivity (Wildman–Crippen MR) is 89.3 cm³/mol. The van der Waals surface area contributed by atoms with E-state index in [9.17, 15) is 17.2 Å². The van der Waals surface area contributed by atoms with E-state index in [0.717, 1.165) is 0 Å². The second-order valence-electron chi connectivity index (χ2n) is 6.07. The molecule has 0 N–H and O–H groups in total. The van der Waals surface area contributed by atoms with Gasteiger partial charge in [-0.2, -0.15) is 4.31 Å². The molecule has 1 unspecified atom stereocenters. The molecular formula is C17H18ClF2NO2S. The van der Waals surface area contributed by atoms with Gasteiger partial charge in [0.15, 0.2) is 5.82 Å². The van der Waals surface area contributed by atoms with Crippen molar-refractivity contribution in [1.29, 1.82) is 0 Å². The molecule has 1 aromatic carbocycles. The molecule has 3 rings (SSSR count). The van der Waals surface area contributed by atoms with Gasteiger partial charge in [0.2, 0.25) is 10.0 Å². The smallest absolute Gasteiger partial charge is 0.212 e. The average molecular weight is 374 g/mol. The summed E-state index contributed by atoms with van der Waals surface area (Å²) in [4.78, 5) is -0.405. The summed E-state index contributed by atoms with van der Waals surface area (Å²) in [6, 6.07) is 3.94. The summed E-state index contributed by atoms with van der Waals surface area (Å²) in [5, 5.41) is -0.217. The predicted octanol–water partition coefficient (Wildman–Crippen LogP) is 4.31. The minimum absolute atomic E-state index is 0.0634. The summed E-state index contributed by atoms with van der Waals surface area (Å²) in [5.41, 5.74) is 0. The van der Waals surface area contributed by atoms with Crippen molar-refractivity contribution in [2.45, 2.75) is 24.2 Å². The highest BCUT2D eigenvalue weighted by atomic mass is 35.5. The number of halogens is 3. The van der Waals surface area contributed by atoms with Crippen LogP contribution < -0.4 is 0 Å². The maximum atomic E-state index is 14.1. The average Bonchev–Trinajstić information content (AvgIpc) is 2.58. The van der Waals surface area contributed by atoms with Crippen LogP contribution in [-0.4, -0.2) is 25.8 Å². The van der Waals surface area contributed by atoms with Crippen molar-refractivity contribution in [2.75, 3.05) is 13.1 Å². The highest BCUT2D eigenvalue weighted by Crippen LogP contribution is 2.36. The lowest BCUT2D eigenvalue weighted by atomic mass is 9.82. The van der Waals surface area contributed by atoms with Crippen molar-refractivity contribution in [3.8, 4) is 0 Å². The van der Waals surface area contributed by atoms with E-state index in [0.29, 0.717) is 19.3 Å². The van der Waals surface area contributed by atoms with Gasteiger partial charge in [-0.05, 0) is 43.4 Å². The van der Waals surface area contributed by atoms with Crippen molar-refractivity contribution in [3.05, 3.63) is 53.1 Å². The lowest BCUT2D eigenvalue weighted by molar-refractivity contribution is 0.231. The Morgan fingerprint density at radius 1 is 1.17 bits per heavy atom. The van der Waals surface area contributed by atoms with E-state index in [4.69, 9.17) is 11.6 Å². The third kappa shape index (κ3) is 3.27. The summed E-state index contributed by atoms with van der Waals surface area (Å²) in [7, 11) is -3.94. The quantitative estimate of drug-likeness (QED) is 0.740. The van der Waals surface area contributed by atoms with Crippen LogP contribution in [0.5, 0.6) is 0 Å². The molecule has 1 aliphatic heterocycles. The molecule has 7 heteroatoms. The normalized spacial score (nSPS) is 23.3. The first-order chi connectivity index (χ1) is 11.4. The summed E-state index contributed by atoms with van der Waals surface area (Å²) in [6.45, 7) is 0.493. The Labute approximate surface area is 145 Å². The van der Waals surface area contributed by atoms with Gasteiger partial charge < -0.3 is 0 Å². The van der Waals surface area contributed by atoms with Gasteiger partial charge in [0.05, 0.1) is 5.02 Å². The number of rotatable bonds is 3.